The minimum absolute atomic E-state index is 0.394. The van der Waals surface area contributed by atoms with Crippen molar-refractivity contribution in [1.82, 2.24) is 0 Å². The molecular formula is C10H15O3. The Kier molecular flexibility index (Phi) is 4.12. The Bertz CT molecular complexity index is 198. The largest absolute Gasteiger partial charge is 0.390 e. The van der Waals surface area contributed by atoms with Crippen LogP contribution in [-0.2, 0) is 4.79 Å². The molecule has 3 nitrogen and oxygen atoms in total. The number of aliphatic hydroxyl groups excluding tert-OH is 2. The van der Waals surface area contributed by atoms with Crippen LogP contribution in [0.5, 0.6) is 0 Å². The number of allylic oxidation sites excluding steroid dienone is 1. The van der Waals surface area contributed by atoms with Crippen LogP contribution < -0.4 is 0 Å². The molecule has 3 heteroatoms. The van der Waals surface area contributed by atoms with Gasteiger partial charge in [-0.1, -0.05) is 6.08 Å². The lowest BCUT2D eigenvalue weighted by atomic mass is 10.00. The molecule has 0 amide bonds. The molecule has 0 spiro atoms. The number of carbonyl (C=O) groups excluding carboxylic acids is 1. The highest BCUT2D eigenvalue weighted by Gasteiger charge is 2.21. The van der Waals surface area contributed by atoms with Gasteiger partial charge < -0.3 is 10.2 Å². The second-order valence-electron chi connectivity index (χ2n) is 3.26. The SMILES string of the molecule is O=C1/C=C\CC[CH]CCC(O)C1O. The fraction of sp³-hybridized carbons (Fsp3) is 0.600. The highest BCUT2D eigenvalue weighted by atomic mass is 16.3. The summed E-state index contributed by atoms with van der Waals surface area (Å²) in [7, 11) is 0. The highest BCUT2D eigenvalue weighted by Crippen LogP contribution is 2.11. The van der Waals surface area contributed by atoms with E-state index in [1.165, 1.54) is 6.08 Å². The van der Waals surface area contributed by atoms with Gasteiger partial charge in [-0.15, -0.1) is 0 Å². The smallest absolute Gasteiger partial charge is 0.186 e. The second-order valence-corrected chi connectivity index (χ2v) is 3.26. The van der Waals surface area contributed by atoms with Crippen molar-refractivity contribution in [2.45, 2.75) is 37.9 Å². The molecule has 1 aliphatic carbocycles. The minimum Gasteiger partial charge on any atom is -0.390 e. The van der Waals surface area contributed by atoms with Crippen LogP contribution in [0.15, 0.2) is 12.2 Å². The van der Waals surface area contributed by atoms with Gasteiger partial charge in [-0.05, 0) is 38.2 Å². The second kappa shape index (κ2) is 5.14. The zero-order valence-electron chi connectivity index (χ0n) is 7.52. The molecular weight excluding hydrogens is 168 g/mol. The van der Waals surface area contributed by atoms with Crippen LogP contribution in [0.3, 0.4) is 0 Å². The molecule has 2 N–H and O–H groups in total. The predicted octanol–water partition coefficient (Wildman–Crippen LogP) is 0.612. The maximum absolute atomic E-state index is 11.1. The van der Waals surface area contributed by atoms with Crippen molar-refractivity contribution < 1.29 is 15.0 Å². The van der Waals surface area contributed by atoms with Gasteiger partial charge >= 0.3 is 0 Å². The number of hydrogen-bond acceptors (Lipinski definition) is 3. The third kappa shape index (κ3) is 3.28. The lowest BCUT2D eigenvalue weighted by Crippen LogP contribution is -2.32. The van der Waals surface area contributed by atoms with E-state index in [0.717, 1.165) is 19.3 Å². The quantitative estimate of drug-likeness (QED) is 0.578. The first kappa shape index (κ1) is 10.4. The van der Waals surface area contributed by atoms with Gasteiger partial charge in [0.25, 0.3) is 0 Å². The summed E-state index contributed by atoms with van der Waals surface area (Å²) in [6.07, 6.45) is 5.94. The Balaban J connectivity index is 2.58. The molecule has 73 valence electrons. The van der Waals surface area contributed by atoms with E-state index in [-0.39, 0.29) is 0 Å². The molecule has 0 saturated carbocycles. The van der Waals surface area contributed by atoms with Crippen molar-refractivity contribution in [2.75, 3.05) is 0 Å². The van der Waals surface area contributed by atoms with E-state index in [2.05, 4.69) is 6.42 Å². The molecule has 0 aromatic heterocycles. The molecule has 0 bridgehead atoms. The van der Waals surface area contributed by atoms with Crippen LogP contribution in [0.2, 0.25) is 0 Å². The Morgan fingerprint density at radius 1 is 1.23 bits per heavy atom. The number of ketones is 1. The summed E-state index contributed by atoms with van der Waals surface area (Å²) in [4.78, 5) is 11.1. The maximum Gasteiger partial charge on any atom is 0.186 e. The molecule has 1 rings (SSSR count). The molecule has 0 fully saturated rings. The molecule has 13 heavy (non-hydrogen) atoms. The van der Waals surface area contributed by atoms with Crippen molar-refractivity contribution in [2.24, 2.45) is 0 Å². The predicted molar refractivity (Wildman–Crippen MR) is 48.9 cm³/mol. The Morgan fingerprint density at radius 2 is 2.00 bits per heavy atom. The van der Waals surface area contributed by atoms with Crippen LogP contribution in [0, 0.1) is 6.42 Å². The first-order chi connectivity index (χ1) is 6.22. The first-order valence-electron chi connectivity index (χ1n) is 4.60. The van der Waals surface area contributed by atoms with Crippen molar-refractivity contribution in [3.05, 3.63) is 18.6 Å². The molecule has 0 saturated heterocycles. The fourth-order valence-corrected chi connectivity index (χ4v) is 1.29. The maximum atomic E-state index is 11.1. The third-order valence-corrected chi connectivity index (χ3v) is 2.14. The van der Waals surface area contributed by atoms with Crippen LogP contribution >= 0.6 is 0 Å². The lowest BCUT2D eigenvalue weighted by Gasteiger charge is -2.15. The Labute approximate surface area is 78.1 Å². The minimum atomic E-state index is -1.25. The Morgan fingerprint density at radius 3 is 2.77 bits per heavy atom. The average Bonchev–Trinajstić information content (AvgIpc) is 2.13. The summed E-state index contributed by atoms with van der Waals surface area (Å²) in [5.41, 5.74) is 0. The molecule has 1 radical (unpaired) electrons. The van der Waals surface area contributed by atoms with Crippen LogP contribution in [0.1, 0.15) is 25.7 Å². The average molecular weight is 183 g/mol. The van der Waals surface area contributed by atoms with Gasteiger partial charge in [-0.25, -0.2) is 0 Å². The molecule has 0 heterocycles. The van der Waals surface area contributed by atoms with Gasteiger partial charge in [0.2, 0.25) is 0 Å². The highest BCUT2D eigenvalue weighted by molar-refractivity contribution is 5.93. The van der Waals surface area contributed by atoms with Crippen molar-refractivity contribution >= 4 is 5.78 Å². The molecule has 0 aromatic carbocycles. The lowest BCUT2D eigenvalue weighted by molar-refractivity contribution is -0.128. The summed E-state index contributed by atoms with van der Waals surface area (Å²) in [5, 5.41) is 18.6. The zero-order valence-corrected chi connectivity index (χ0v) is 7.52. The van der Waals surface area contributed by atoms with Crippen molar-refractivity contribution in [3.8, 4) is 0 Å². The van der Waals surface area contributed by atoms with Gasteiger partial charge in [0.15, 0.2) is 5.78 Å². The van der Waals surface area contributed by atoms with E-state index >= 15 is 0 Å². The molecule has 0 aliphatic heterocycles. The standard InChI is InChI=1S/C10H15O3/c11-8-6-4-2-1-3-5-7-9(12)10(8)13/h2,5,7-8,10-11,13H,1,3-4,6H2/b7-5-. The van der Waals surface area contributed by atoms with Gasteiger partial charge in [0.1, 0.15) is 6.10 Å². The van der Waals surface area contributed by atoms with Gasteiger partial charge in [-0.2, -0.15) is 0 Å². The van der Waals surface area contributed by atoms with Gasteiger partial charge in [0.05, 0.1) is 6.10 Å². The summed E-state index contributed by atoms with van der Waals surface area (Å²) in [5.74, 6) is -0.394. The third-order valence-electron chi connectivity index (χ3n) is 2.14. The van der Waals surface area contributed by atoms with E-state index in [1.807, 2.05) is 0 Å². The van der Waals surface area contributed by atoms with Crippen LogP contribution in [0.25, 0.3) is 0 Å². The topological polar surface area (TPSA) is 57.5 Å². The molecule has 2 atom stereocenters. The summed E-state index contributed by atoms with van der Waals surface area (Å²) < 4.78 is 0. The first-order valence-corrected chi connectivity index (χ1v) is 4.60. The number of aliphatic hydroxyl groups is 2. The monoisotopic (exact) mass is 183 g/mol. The number of carbonyl (C=O) groups is 1. The van der Waals surface area contributed by atoms with E-state index in [1.54, 1.807) is 6.08 Å². The summed E-state index contributed by atoms with van der Waals surface area (Å²) in [6.45, 7) is 0. The fourth-order valence-electron chi connectivity index (χ4n) is 1.29. The van der Waals surface area contributed by atoms with Gasteiger partial charge in [-0.3, -0.25) is 4.79 Å². The van der Waals surface area contributed by atoms with Crippen LogP contribution in [-0.4, -0.2) is 28.2 Å². The molecule has 2 unspecified atom stereocenters. The van der Waals surface area contributed by atoms with E-state index < -0.39 is 18.0 Å². The van der Waals surface area contributed by atoms with Crippen molar-refractivity contribution in [1.29, 1.82) is 0 Å². The summed E-state index contributed by atoms with van der Waals surface area (Å²) in [6, 6.07) is 0. The van der Waals surface area contributed by atoms with E-state index in [0.29, 0.717) is 6.42 Å². The zero-order chi connectivity index (χ0) is 9.68. The van der Waals surface area contributed by atoms with Gasteiger partial charge in [0, 0.05) is 0 Å². The van der Waals surface area contributed by atoms with E-state index in [4.69, 9.17) is 0 Å². The summed E-state index contributed by atoms with van der Waals surface area (Å²) >= 11 is 0. The number of hydrogen-bond donors (Lipinski definition) is 2. The normalized spacial score (nSPS) is 34.2. The van der Waals surface area contributed by atoms with E-state index in [9.17, 15) is 15.0 Å². The number of rotatable bonds is 0. The molecule has 0 aromatic rings. The van der Waals surface area contributed by atoms with Crippen LogP contribution in [0.4, 0.5) is 0 Å². The molecule has 1 aliphatic rings. The Hall–Kier alpha value is -0.670. The van der Waals surface area contributed by atoms with Crippen molar-refractivity contribution in [3.63, 3.8) is 0 Å².